The number of thiazole rings is 1. The lowest BCUT2D eigenvalue weighted by Crippen LogP contribution is -2.31. The molecule has 4 aromatic rings. The zero-order valence-corrected chi connectivity index (χ0v) is 16.2. The molecule has 0 aliphatic rings. The number of fused-ring (bicyclic) bond motifs is 1. The molecular formula is C20H17ClN4OS. The van der Waals surface area contributed by atoms with Crippen LogP contribution < -0.4 is 10.9 Å². The summed E-state index contributed by atoms with van der Waals surface area (Å²) in [4.78, 5) is 17.2. The quantitative estimate of drug-likeness (QED) is 0.532. The van der Waals surface area contributed by atoms with Gasteiger partial charge in [0.25, 0.3) is 5.56 Å². The van der Waals surface area contributed by atoms with E-state index in [9.17, 15) is 4.79 Å². The van der Waals surface area contributed by atoms with Gasteiger partial charge in [0, 0.05) is 27.4 Å². The number of nitrogens with one attached hydrogen (secondary N) is 1. The van der Waals surface area contributed by atoms with Crippen LogP contribution in [0.4, 0.5) is 5.13 Å². The fourth-order valence-corrected chi connectivity index (χ4v) is 3.96. The Morgan fingerprint density at radius 2 is 1.96 bits per heavy atom. The summed E-state index contributed by atoms with van der Waals surface area (Å²) in [6, 6.07) is 15.1. The van der Waals surface area contributed by atoms with E-state index in [2.05, 4.69) is 15.4 Å². The van der Waals surface area contributed by atoms with Crippen LogP contribution in [0.25, 0.3) is 22.0 Å². The average molecular weight is 397 g/mol. The van der Waals surface area contributed by atoms with Crippen LogP contribution in [0, 0.1) is 0 Å². The van der Waals surface area contributed by atoms with Crippen molar-refractivity contribution in [2.45, 2.75) is 19.5 Å². The lowest BCUT2D eigenvalue weighted by atomic mass is 10.2. The molecule has 0 aliphatic carbocycles. The highest BCUT2D eigenvalue weighted by atomic mass is 35.5. The molecule has 0 radical (unpaired) electrons. The minimum Gasteiger partial charge on any atom is -0.357 e. The van der Waals surface area contributed by atoms with Gasteiger partial charge < -0.3 is 5.32 Å². The molecule has 2 heterocycles. The number of hydrogen-bond donors (Lipinski definition) is 1. The van der Waals surface area contributed by atoms with Gasteiger partial charge in [0.2, 0.25) is 0 Å². The summed E-state index contributed by atoms with van der Waals surface area (Å²) in [5.41, 5.74) is 1.66. The molecule has 1 N–H and O–H groups in total. The average Bonchev–Trinajstić information content (AvgIpc) is 3.12. The Hall–Kier alpha value is -2.70. The van der Waals surface area contributed by atoms with Crippen LogP contribution in [-0.2, 0) is 6.54 Å². The largest absolute Gasteiger partial charge is 0.357 e. The molecule has 0 fully saturated rings. The Morgan fingerprint density at radius 1 is 1.19 bits per heavy atom. The van der Waals surface area contributed by atoms with Crippen molar-refractivity contribution < 1.29 is 0 Å². The smallest absolute Gasteiger partial charge is 0.274 e. The van der Waals surface area contributed by atoms with Crippen molar-refractivity contribution in [2.24, 2.45) is 0 Å². The predicted molar refractivity (Wildman–Crippen MR) is 112 cm³/mol. The van der Waals surface area contributed by atoms with E-state index < -0.39 is 0 Å². The first kappa shape index (κ1) is 17.7. The van der Waals surface area contributed by atoms with Crippen molar-refractivity contribution in [1.29, 1.82) is 0 Å². The first-order chi connectivity index (χ1) is 13.1. The first-order valence-corrected chi connectivity index (χ1v) is 9.79. The van der Waals surface area contributed by atoms with Crippen molar-refractivity contribution in [3.05, 3.63) is 75.5 Å². The van der Waals surface area contributed by atoms with Gasteiger partial charge in [-0.3, -0.25) is 4.79 Å². The minimum absolute atomic E-state index is 0.0124. The Labute approximate surface area is 165 Å². The summed E-state index contributed by atoms with van der Waals surface area (Å²) < 4.78 is 1.49. The molecule has 4 rings (SSSR count). The van der Waals surface area contributed by atoms with Crippen molar-refractivity contribution in [1.82, 2.24) is 14.8 Å². The van der Waals surface area contributed by atoms with Crippen molar-refractivity contribution in [2.75, 3.05) is 5.32 Å². The zero-order valence-electron chi connectivity index (χ0n) is 14.6. The second-order valence-electron chi connectivity index (χ2n) is 6.28. The zero-order chi connectivity index (χ0) is 18.8. The standard InChI is InChI=1S/C20H17ClN4OS/c1-13(11-25-19(26)15-7-3-2-6-14(15)10-22-25)23-20-24-18(12-27-20)16-8-4-5-9-17(16)21/h2-10,12-13H,11H2,1H3,(H,23,24). The molecular weight excluding hydrogens is 380 g/mol. The van der Waals surface area contributed by atoms with Gasteiger partial charge in [-0.15, -0.1) is 11.3 Å². The molecule has 2 aromatic carbocycles. The van der Waals surface area contributed by atoms with E-state index in [4.69, 9.17) is 11.6 Å². The maximum absolute atomic E-state index is 12.6. The summed E-state index contributed by atoms with van der Waals surface area (Å²) in [6.07, 6.45) is 1.72. The molecule has 27 heavy (non-hydrogen) atoms. The number of halogens is 1. The van der Waals surface area contributed by atoms with Crippen molar-refractivity contribution in [3.63, 3.8) is 0 Å². The number of hydrogen-bond acceptors (Lipinski definition) is 5. The molecule has 0 saturated carbocycles. The van der Waals surface area contributed by atoms with Crippen LogP contribution in [0.1, 0.15) is 6.92 Å². The molecule has 1 atom stereocenters. The van der Waals surface area contributed by atoms with E-state index in [0.717, 1.165) is 21.8 Å². The molecule has 0 spiro atoms. The summed E-state index contributed by atoms with van der Waals surface area (Å²) in [5.74, 6) is 0. The SMILES string of the molecule is CC(Cn1ncc2ccccc2c1=O)Nc1nc(-c2ccccc2Cl)cs1. The predicted octanol–water partition coefficient (Wildman–Crippen LogP) is 4.67. The van der Waals surface area contributed by atoms with Gasteiger partial charge in [0.15, 0.2) is 5.13 Å². The molecule has 136 valence electrons. The van der Waals surface area contributed by atoms with E-state index in [-0.39, 0.29) is 11.6 Å². The second kappa shape index (κ2) is 7.50. The van der Waals surface area contributed by atoms with E-state index in [1.807, 2.05) is 60.8 Å². The van der Waals surface area contributed by atoms with Crippen molar-refractivity contribution >= 4 is 38.8 Å². The van der Waals surface area contributed by atoms with E-state index >= 15 is 0 Å². The van der Waals surface area contributed by atoms with Crippen LogP contribution in [0.15, 0.2) is 64.9 Å². The second-order valence-corrected chi connectivity index (χ2v) is 7.55. The van der Waals surface area contributed by atoms with Crippen LogP contribution >= 0.6 is 22.9 Å². The van der Waals surface area contributed by atoms with Gasteiger partial charge >= 0.3 is 0 Å². The molecule has 1 unspecified atom stereocenters. The highest BCUT2D eigenvalue weighted by Gasteiger charge is 2.12. The van der Waals surface area contributed by atoms with Gasteiger partial charge in [0.05, 0.1) is 23.8 Å². The van der Waals surface area contributed by atoms with Gasteiger partial charge in [-0.1, -0.05) is 48.0 Å². The maximum atomic E-state index is 12.6. The number of rotatable bonds is 5. The van der Waals surface area contributed by atoms with Crippen LogP contribution in [-0.4, -0.2) is 20.8 Å². The van der Waals surface area contributed by atoms with Crippen LogP contribution in [0.2, 0.25) is 5.02 Å². The van der Waals surface area contributed by atoms with E-state index in [0.29, 0.717) is 17.0 Å². The molecule has 0 bridgehead atoms. The first-order valence-electron chi connectivity index (χ1n) is 8.53. The molecule has 0 amide bonds. The highest BCUT2D eigenvalue weighted by molar-refractivity contribution is 7.14. The molecule has 0 aliphatic heterocycles. The number of nitrogens with zero attached hydrogens (tertiary/aromatic N) is 3. The summed E-state index contributed by atoms with van der Waals surface area (Å²) in [7, 11) is 0. The van der Waals surface area contributed by atoms with Crippen LogP contribution in [0.5, 0.6) is 0 Å². The van der Waals surface area contributed by atoms with Crippen LogP contribution in [0.3, 0.4) is 0 Å². The van der Waals surface area contributed by atoms with Gasteiger partial charge in [0.1, 0.15) is 0 Å². The molecule has 0 saturated heterocycles. The summed E-state index contributed by atoms with van der Waals surface area (Å²) in [6.45, 7) is 2.45. The molecule has 2 aromatic heterocycles. The van der Waals surface area contributed by atoms with E-state index in [1.54, 1.807) is 6.20 Å². The fraction of sp³-hybridized carbons (Fsp3) is 0.150. The molecule has 5 nitrogen and oxygen atoms in total. The van der Waals surface area contributed by atoms with Crippen molar-refractivity contribution in [3.8, 4) is 11.3 Å². The summed E-state index contributed by atoms with van der Waals surface area (Å²) in [5, 5.41) is 12.6. The maximum Gasteiger partial charge on any atom is 0.274 e. The Balaban J connectivity index is 1.51. The Kier molecular flexibility index (Phi) is 4.92. The third-order valence-electron chi connectivity index (χ3n) is 4.23. The third kappa shape index (κ3) is 3.72. The highest BCUT2D eigenvalue weighted by Crippen LogP contribution is 2.30. The molecule has 7 heteroatoms. The van der Waals surface area contributed by atoms with Gasteiger partial charge in [-0.05, 0) is 19.1 Å². The lowest BCUT2D eigenvalue weighted by molar-refractivity contribution is 0.537. The van der Waals surface area contributed by atoms with E-state index in [1.165, 1.54) is 16.0 Å². The minimum atomic E-state index is -0.0855. The topological polar surface area (TPSA) is 59.8 Å². The lowest BCUT2D eigenvalue weighted by Gasteiger charge is -2.14. The number of benzene rings is 2. The normalized spacial score (nSPS) is 12.2. The number of anilines is 1. The van der Waals surface area contributed by atoms with Gasteiger partial charge in [-0.2, -0.15) is 5.10 Å². The fourth-order valence-electron chi connectivity index (χ4n) is 2.91. The van der Waals surface area contributed by atoms with Gasteiger partial charge in [-0.25, -0.2) is 9.67 Å². The Bertz CT molecular complexity index is 1150. The third-order valence-corrected chi connectivity index (χ3v) is 5.34. The Morgan fingerprint density at radius 3 is 2.81 bits per heavy atom. The summed E-state index contributed by atoms with van der Waals surface area (Å²) >= 11 is 7.75. The number of aromatic nitrogens is 3. The monoisotopic (exact) mass is 396 g/mol.